The zero-order chi connectivity index (χ0) is 21.1. The van der Waals surface area contributed by atoms with Crippen LogP contribution in [0.5, 0.6) is 0 Å². The first kappa shape index (κ1) is 20.5. The van der Waals surface area contributed by atoms with Crippen molar-refractivity contribution in [3.05, 3.63) is 46.3 Å². The number of amides is 1. The Hall–Kier alpha value is -2.76. The van der Waals surface area contributed by atoms with Crippen LogP contribution in [0.25, 0.3) is 10.2 Å². The average molecular weight is 440 g/mol. The number of aromatic nitrogens is 1. The van der Waals surface area contributed by atoms with Crippen LogP contribution < -0.4 is 5.32 Å². The molecule has 4 rings (SSSR count). The summed E-state index contributed by atoms with van der Waals surface area (Å²) in [7, 11) is 0. The highest BCUT2D eigenvalue weighted by molar-refractivity contribution is 7.18. The third-order valence-electron chi connectivity index (χ3n) is 5.50. The van der Waals surface area contributed by atoms with Crippen LogP contribution in [0.1, 0.15) is 43.2 Å². The van der Waals surface area contributed by atoms with E-state index in [-0.39, 0.29) is 5.97 Å². The second-order valence-corrected chi connectivity index (χ2v) is 9.58. The fourth-order valence-electron chi connectivity index (χ4n) is 3.84. The molecule has 0 spiro atoms. The quantitative estimate of drug-likeness (QED) is 0.551. The molecule has 1 aliphatic rings. The van der Waals surface area contributed by atoms with Crippen molar-refractivity contribution in [3.8, 4) is 6.07 Å². The van der Waals surface area contributed by atoms with Crippen molar-refractivity contribution >= 4 is 49.8 Å². The molecule has 154 valence electrons. The van der Waals surface area contributed by atoms with Gasteiger partial charge in [-0.15, -0.1) is 22.7 Å². The van der Waals surface area contributed by atoms with Crippen molar-refractivity contribution in [1.29, 1.82) is 5.26 Å². The number of carbonyl (C=O) groups excluding carboxylic acids is 2. The van der Waals surface area contributed by atoms with Gasteiger partial charge in [-0.05, 0) is 43.3 Å². The number of para-hydroxylation sites is 1. The standard InChI is InChI=1S/C22H21N3O3S2/c1-14(19(26)25-20-15(13-23)8-11-29-20)28-21(27)22(9-4-5-10-22)12-18-24-16-6-2-3-7-17(16)30-18/h2-3,6-8,11,14H,4-5,9-10,12H2,1H3,(H,25,26). The summed E-state index contributed by atoms with van der Waals surface area (Å²) < 4.78 is 6.72. The molecule has 1 amide bonds. The molecule has 2 aromatic heterocycles. The zero-order valence-electron chi connectivity index (χ0n) is 16.5. The number of thiophene rings is 1. The fraction of sp³-hybridized carbons (Fsp3) is 0.364. The molecule has 0 radical (unpaired) electrons. The summed E-state index contributed by atoms with van der Waals surface area (Å²) in [6, 6.07) is 11.6. The number of hydrogen-bond donors (Lipinski definition) is 1. The van der Waals surface area contributed by atoms with Gasteiger partial charge in [-0.25, -0.2) is 4.98 Å². The number of esters is 1. The molecule has 30 heavy (non-hydrogen) atoms. The molecule has 1 unspecified atom stereocenters. The van der Waals surface area contributed by atoms with Crippen LogP contribution in [0.3, 0.4) is 0 Å². The van der Waals surface area contributed by atoms with Gasteiger partial charge in [0.15, 0.2) is 6.10 Å². The highest BCUT2D eigenvalue weighted by Crippen LogP contribution is 2.43. The maximum Gasteiger partial charge on any atom is 0.313 e. The maximum atomic E-state index is 13.2. The monoisotopic (exact) mass is 439 g/mol. The van der Waals surface area contributed by atoms with Crippen LogP contribution in [-0.4, -0.2) is 23.0 Å². The highest BCUT2D eigenvalue weighted by atomic mass is 32.1. The molecule has 1 saturated carbocycles. The first-order valence-electron chi connectivity index (χ1n) is 9.85. The lowest BCUT2D eigenvalue weighted by Crippen LogP contribution is -2.38. The topological polar surface area (TPSA) is 92.1 Å². The van der Waals surface area contributed by atoms with Gasteiger partial charge < -0.3 is 10.1 Å². The first-order valence-corrected chi connectivity index (χ1v) is 11.5. The summed E-state index contributed by atoms with van der Waals surface area (Å²) in [6.45, 7) is 1.56. The van der Waals surface area contributed by atoms with Crippen molar-refractivity contribution in [1.82, 2.24) is 4.98 Å². The minimum Gasteiger partial charge on any atom is -0.452 e. The number of nitriles is 1. The minimum absolute atomic E-state index is 0.339. The van der Waals surface area contributed by atoms with Crippen LogP contribution >= 0.6 is 22.7 Å². The summed E-state index contributed by atoms with van der Waals surface area (Å²) in [5.41, 5.74) is 0.703. The van der Waals surface area contributed by atoms with Crippen LogP contribution in [0.4, 0.5) is 5.00 Å². The van der Waals surface area contributed by atoms with Gasteiger partial charge in [-0.3, -0.25) is 9.59 Å². The molecule has 0 aliphatic heterocycles. The Morgan fingerprint density at radius 2 is 2.07 bits per heavy atom. The number of hydrogen-bond acceptors (Lipinski definition) is 7. The van der Waals surface area contributed by atoms with Crippen molar-refractivity contribution < 1.29 is 14.3 Å². The van der Waals surface area contributed by atoms with Crippen LogP contribution in [-0.2, 0) is 20.7 Å². The Bertz CT molecular complexity index is 1090. The number of anilines is 1. The Morgan fingerprint density at radius 1 is 1.30 bits per heavy atom. The lowest BCUT2D eigenvalue weighted by Gasteiger charge is -2.27. The summed E-state index contributed by atoms with van der Waals surface area (Å²) in [5.74, 6) is -0.774. The number of fused-ring (bicyclic) bond motifs is 1. The van der Waals surface area contributed by atoms with E-state index in [4.69, 9.17) is 10.00 Å². The number of benzene rings is 1. The molecule has 8 heteroatoms. The van der Waals surface area contributed by atoms with E-state index in [9.17, 15) is 9.59 Å². The second kappa shape index (κ2) is 8.54. The van der Waals surface area contributed by atoms with E-state index < -0.39 is 17.4 Å². The van der Waals surface area contributed by atoms with Crippen LogP contribution in [0.2, 0.25) is 0 Å². The molecule has 1 aliphatic carbocycles. The predicted molar refractivity (Wildman–Crippen MR) is 117 cm³/mol. The molecule has 1 N–H and O–H groups in total. The van der Waals surface area contributed by atoms with E-state index in [1.807, 2.05) is 30.3 Å². The first-order chi connectivity index (χ1) is 14.5. The van der Waals surface area contributed by atoms with E-state index >= 15 is 0 Å². The van der Waals surface area contributed by atoms with Crippen LogP contribution in [0, 0.1) is 16.7 Å². The van der Waals surface area contributed by atoms with E-state index in [2.05, 4.69) is 10.3 Å². The molecule has 1 aromatic carbocycles. The van der Waals surface area contributed by atoms with Gasteiger partial charge in [0.1, 0.15) is 11.1 Å². The summed E-state index contributed by atoms with van der Waals surface area (Å²) in [4.78, 5) is 30.3. The highest BCUT2D eigenvalue weighted by Gasteiger charge is 2.44. The molecule has 1 atom stereocenters. The fourth-order valence-corrected chi connectivity index (χ4v) is 5.69. The summed E-state index contributed by atoms with van der Waals surface area (Å²) >= 11 is 2.87. The summed E-state index contributed by atoms with van der Waals surface area (Å²) in [5, 5.41) is 14.9. The summed E-state index contributed by atoms with van der Waals surface area (Å²) in [6.07, 6.45) is 2.98. The zero-order valence-corrected chi connectivity index (χ0v) is 18.1. The number of nitrogens with one attached hydrogen (secondary N) is 1. The van der Waals surface area contributed by atoms with Gasteiger partial charge in [0.05, 0.1) is 26.2 Å². The van der Waals surface area contributed by atoms with E-state index in [0.717, 1.165) is 40.9 Å². The number of ether oxygens (including phenoxy) is 1. The van der Waals surface area contributed by atoms with E-state index in [1.165, 1.54) is 11.3 Å². The van der Waals surface area contributed by atoms with Crippen LogP contribution in [0.15, 0.2) is 35.7 Å². The van der Waals surface area contributed by atoms with E-state index in [0.29, 0.717) is 17.0 Å². The smallest absolute Gasteiger partial charge is 0.313 e. The van der Waals surface area contributed by atoms with Gasteiger partial charge >= 0.3 is 5.97 Å². The van der Waals surface area contributed by atoms with Gasteiger partial charge in [0, 0.05) is 6.42 Å². The van der Waals surface area contributed by atoms with Gasteiger partial charge in [-0.1, -0.05) is 25.0 Å². The minimum atomic E-state index is -0.945. The number of thiazole rings is 1. The van der Waals surface area contributed by atoms with Crippen molar-refractivity contribution in [2.45, 2.75) is 45.1 Å². The Balaban J connectivity index is 1.46. The van der Waals surface area contributed by atoms with Crippen molar-refractivity contribution in [2.75, 3.05) is 5.32 Å². The SMILES string of the molecule is CC(OC(=O)C1(Cc2nc3ccccc3s2)CCCC1)C(=O)Nc1sccc1C#N. The molecule has 3 aromatic rings. The Kier molecular flexibility index (Phi) is 5.84. The molecule has 6 nitrogen and oxygen atoms in total. The molecule has 0 bridgehead atoms. The van der Waals surface area contributed by atoms with Crippen molar-refractivity contribution in [2.24, 2.45) is 5.41 Å². The Morgan fingerprint density at radius 3 is 2.80 bits per heavy atom. The molecular formula is C22H21N3O3S2. The average Bonchev–Trinajstić information content (AvgIpc) is 3.47. The second-order valence-electron chi connectivity index (χ2n) is 7.55. The molecule has 2 heterocycles. The van der Waals surface area contributed by atoms with Gasteiger partial charge in [0.25, 0.3) is 5.91 Å². The maximum absolute atomic E-state index is 13.2. The molecule has 1 fully saturated rings. The lowest BCUT2D eigenvalue weighted by molar-refractivity contribution is -0.163. The third-order valence-corrected chi connectivity index (χ3v) is 7.36. The molecule has 0 saturated heterocycles. The number of nitrogens with zero attached hydrogens (tertiary/aromatic N) is 2. The molecular weight excluding hydrogens is 418 g/mol. The van der Waals surface area contributed by atoms with Crippen molar-refractivity contribution in [3.63, 3.8) is 0 Å². The van der Waals surface area contributed by atoms with E-state index in [1.54, 1.807) is 29.7 Å². The number of rotatable bonds is 6. The normalized spacial score (nSPS) is 16.1. The predicted octanol–water partition coefficient (Wildman–Crippen LogP) is 4.90. The largest absolute Gasteiger partial charge is 0.452 e. The van der Waals surface area contributed by atoms with Gasteiger partial charge in [-0.2, -0.15) is 5.26 Å². The lowest BCUT2D eigenvalue weighted by atomic mass is 9.83. The number of carbonyl (C=O) groups is 2. The third kappa shape index (κ3) is 4.09. The Labute approximate surface area is 182 Å². The van der Waals surface area contributed by atoms with Gasteiger partial charge in [0.2, 0.25) is 0 Å².